The second kappa shape index (κ2) is 18.1. The molecule has 0 bridgehead atoms. The maximum Gasteiger partial charge on any atom is 0.405 e. The summed E-state index contributed by atoms with van der Waals surface area (Å²) in [7, 11) is -4.10. The average molecular weight is 647 g/mol. The van der Waals surface area contributed by atoms with E-state index in [2.05, 4.69) is 22.6 Å². The summed E-state index contributed by atoms with van der Waals surface area (Å²) in [6.45, 7) is 13.5. The van der Waals surface area contributed by atoms with Crippen molar-refractivity contribution in [3.63, 3.8) is 0 Å². The second-order valence-electron chi connectivity index (χ2n) is 9.96. The highest BCUT2D eigenvalue weighted by atomic mass is 31.2. The summed E-state index contributed by atoms with van der Waals surface area (Å²) in [6, 6.07) is 2.05. The van der Waals surface area contributed by atoms with Crippen LogP contribution in [-0.4, -0.2) is 84.8 Å². The first-order valence-corrected chi connectivity index (χ1v) is 16.8. The Morgan fingerprint density at radius 2 is 1.77 bits per heavy atom. The van der Waals surface area contributed by atoms with Crippen molar-refractivity contribution in [3.8, 4) is 17.7 Å². The van der Waals surface area contributed by atoms with Gasteiger partial charge < -0.3 is 23.3 Å². The predicted octanol–water partition coefficient (Wildman–Crippen LogP) is 3.66. The zero-order valence-corrected chi connectivity index (χ0v) is 27.9. The molecule has 0 saturated carbocycles. The Balaban J connectivity index is 2.70. The maximum absolute atomic E-state index is 13.2. The largest absolute Gasteiger partial charge is 0.405 e. The number of aromatic amines is 1. The molecule has 0 aliphatic carbocycles. The van der Waals surface area contributed by atoms with Crippen molar-refractivity contribution in [3.05, 3.63) is 32.6 Å². The third-order valence-corrected chi connectivity index (χ3v) is 9.75. The summed E-state index contributed by atoms with van der Waals surface area (Å²) in [5.41, 5.74) is 1.62. The minimum Gasteiger partial charge on any atom is -0.382 e. The topological polar surface area (TPSA) is 164 Å². The van der Waals surface area contributed by atoms with Gasteiger partial charge in [-0.3, -0.25) is 23.4 Å². The van der Waals surface area contributed by atoms with Gasteiger partial charge in [-0.25, -0.2) is 14.0 Å². The van der Waals surface area contributed by atoms with E-state index in [9.17, 15) is 14.2 Å². The van der Waals surface area contributed by atoms with Crippen LogP contribution < -0.4 is 11.2 Å². The van der Waals surface area contributed by atoms with Crippen LogP contribution in [0.4, 0.5) is 0 Å². The number of nitrogens with zero attached hydrogens (tertiary/aromatic N) is 3. The van der Waals surface area contributed by atoms with Crippen molar-refractivity contribution in [2.24, 2.45) is 0 Å². The van der Waals surface area contributed by atoms with E-state index in [-0.39, 0.29) is 57.1 Å². The molecule has 1 aromatic rings. The van der Waals surface area contributed by atoms with E-state index in [1.165, 1.54) is 17.9 Å². The van der Waals surface area contributed by atoms with E-state index < -0.39 is 51.9 Å². The summed E-state index contributed by atoms with van der Waals surface area (Å²) >= 11 is 0. The molecule has 1 aliphatic heterocycles. The first kappa shape index (κ1) is 37.3. The molecule has 0 spiro atoms. The van der Waals surface area contributed by atoms with Crippen LogP contribution >= 0.6 is 16.1 Å². The lowest BCUT2D eigenvalue weighted by atomic mass is 10.1. The van der Waals surface area contributed by atoms with Gasteiger partial charge in [0.25, 0.3) is 14.1 Å². The molecule has 0 radical (unpaired) electrons. The molecule has 1 aliphatic rings. The molecule has 2 rings (SSSR count). The lowest BCUT2D eigenvalue weighted by molar-refractivity contribution is -0.0764. The number of ether oxygens (including phenoxy) is 3. The quantitative estimate of drug-likeness (QED) is 0.149. The molecule has 5 atom stereocenters. The molecule has 0 amide bonds. The van der Waals surface area contributed by atoms with Gasteiger partial charge in [-0.1, -0.05) is 5.92 Å². The smallest absolute Gasteiger partial charge is 0.382 e. The minimum absolute atomic E-state index is 0.00991. The highest BCUT2D eigenvalue weighted by Crippen LogP contribution is 2.51. The summed E-state index contributed by atoms with van der Waals surface area (Å²) in [4.78, 5) is 27.4. The summed E-state index contributed by atoms with van der Waals surface area (Å²) in [5.74, 6) is 2.85. The van der Waals surface area contributed by atoms with Crippen LogP contribution in [0, 0.1) is 29.8 Å². The number of aryl methyl sites for hydroxylation is 1. The first-order valence-electron chi connectivity index (χ1n) is 14.2. The molecule has 1 saturated heterocycles. The molecule has 14 nitrogen and oxygen atoms in total. The Labute approximate surface area is 254 Å². The van der Waals surface area contributed by atoms with Gasteiger partial charge in [0.15, 0.2) is 12.3 Å². The SMILES string of the molecule is CCOP(=O)(C#C[C@H]1O[C@@H](n2cc(C)c(=O)[nH]c2=O)[C@H](OCCOC)[C@@H]1OP(OCCC#N)N(C(C)C)C(C)C)OCC. The van der Waals surface area contributed by atoms with Crippen molar-refractivity contribution in [1.82, 2.24) is 14.2 Å². The van der Waals surface area contributed by atoms with Gasteiger partial charge in [0.1, 0.15) is 12.2 Å². The van der Waals surface area contributed by atoms with Crippen molar-refractivity contribution in [1.29, 1.82) is 5.26 Å². The van der Waals surface area contributed by atoms with Crippen molar-refractivity contribution < 1.29 is 36.9 Å². The fraction of sp³-hybridized carbons (Fsp3) is 0.741. The third kappa shape index (κ3) is 10.6. The average Bonchev–Trinajstić information content (AvgIpc) is 3.26. The van der Waals surface area contributed by atoms with Gasteiger partial charge in [-0.2, -0.15) is 5.26 Å². The van der Waals surface area contributed by atoms with Crippen LogP contribution in [0.3, 0.4) is 0 Å². The number of methoxy groups -OCH3 is 1. The Morgan fingerprint density at radius 3 is 2.33 bits per heavy atom. The molecular formula is C27H44N4O10P2. The van der Waals surface area contributed by atoms with Gasteiger partial charge in [0.05, 0.1) is 45.5 Å². The lowest BCUT2D eigenvalue weighted by Crippen LogP contribution is -2.42. The fourth-order valence-electron chi connectivity index (χ4n) is 4.30. The fourth-order valence-corrected chi connectivity index (χ4v) is 7.21. The Kier molecular flexibility index (Phi) is 15.7. The number of rotatable bonds is 17. The predicted molar refractivity (Wildman–Crippen MR) is 160 cm³/mol. The summed E-state index contributed by atoms with van der Waals surface area (Å²) < 4.78 is 57.5. The minimum atomic E-state index is -3.81. The van der Waals surface area contributed by atoms with Crippen LogP contribution in [0.2, 0.25) is 0 Å². The van der Waals surface area contributed by atoms with E-state index in [4.69, 9.17) is 37.6 Å². The monoisotopic (exact) mass is 646 g/mol. The van der Waals surface area contributed by atoms with E-state index in [1.807, 2.05) is 32.4 Å². The molecule has 2 heterocycles. The van der Waals surface area contributed by atoms with Crippen LogP contribution in [0.1, 0.15) is 59.8 Å². The molecule has 16 heteroatoms. The number of H-pyrrole nitrogens is 1. The van der Waals surface area contributed by atoms with E-state index in [0.29, 0.717) is 0 Å². The van der Waals surface area contributed by atoms with Crippen LogP contribution in [-0.2, 0) is 36.9 Å². The van der Waals surface area contributed by atoms with E-state index in [0.717, 1.165) is 0 Å². The zero-order valence-electron chi connectivity index (χ0n) is 26.1. The Bertz CT molecular complexity index is 1270. The van der Waals surface area contributed by atoms with Gasteiger partial charge >= 0.3 is 13.3 Å². The molecule has 43 heavy (non-hydrogen) atoms. The van der Waals surface area contributed by atoms with Gasteiger partial charge in [0.2, 0.25) is 0 Å². The lowest BCUT2D eigenvalue weighted by Gasteiger charge is -2.38. The highest BCUT2D eigenvalue weighted by molar-refractivity contribution is 7.59. The molecule has 1 aromatic heterocycles. The molecule has 1 unspecified atom stereocenters. The maximum atomic E-state index is 13.2. The molecule has 0 aromatic carbocycles. The number of hydrogen-bond acceptors (Lipinski definition) is 12. The summed E-state index contributed by atoms with van der Waals surface area (Å²) in [5, 5.41) is 9.13. The van der Waals surface area contributed by atoms with Gasteiger partial charge in [-0.15, -0.1) is 0 Å². The Hall–Kier alpha value is -1.93. The molecular weight excluding hydrogens is 602 g/mol. The molecule has 242 valence electrons. The third-order valence-electron chi connectivity index (χ3n) is 6.02. The molecule has 1 fully saturated rings. The van der Waals surface area contributed by atoms with Gasteiger partial charge in [0, 0.05) is 36.6 Å². The van der Waals surface area contributed by atoms with Crippen LogP contribution in [0.5, 0.6) is 0 Å². The van der Waals surface area contributed by atoms with Crippen molar-refractivity contribution >= 4 is 16.1 Å². The van der Waals surface area contributed by atoms with E-state index in [1.54, 1.807) is 20.8 Å². The van der Waals surface area contributed by atoms with Crippen molar-refractivity contribution in [2.45, 2.75) is 91.5 Å². The number of nitriles is 1. The van der Waals surface area contributed by atoms with E-state index >= 15 is 0 Å². The number of nitrogens with one attached hydrogen (secondary N) is 1. The Morgan fingerprint density at radius 1 is 1.12 bits per heavy atom. The standard InChI is InChI=1S/C27H44N4O10P2/c1-9-38-43(34,39-10-2)17-12-22-23(41-42(37-14-11-13-28)31(19(3)4)20(5)6)24(36-16-15-35-8)26(40-22)30-18-21(7)25(32)29-27(30)33/h18-20,22-24,26H,9-11,14-16H2,1-8H3,(H,29,32,33)/t22-,23-,24-,26-,42?/m1/s1. The zero-order chi connectivity index (χ0) is 32.2. The second-order valence-corrected chi connectivity index (χ2v) is 13.1. The van der Waals surface area contributed by atoms with Crippen LogP contribution in [0.25, 0.3) is 0 Å². The van der Waals surface area contributed by atoms with Crippen LogP contribution in [0.15, 0.2) is 15.8 Å². The van der Waals surface area contributed by atoms with Crippen molar-refractivity contribution in [2.75, 3.05) is 40.1 Å². The number of aromatic nitrogens is 2. The normalized spacial score (nSPS) is 21.3. The highest BCUT2D eigenvalue weighted by Gasteiger charge is 2.50. The number of hydrogen-bond donors (Lipinski definition) is 1. The summed E-state index contributed by atoms with van der Waals surface area (Å²) in [6.07, 6.45) is -2.63. The first-order chi connectivity index (χ1) is 20.4. The molecule has 1 N–H and O–H groups in total. The van der Waals surface area contributed by atoms with Gasteiger partial charge in [-0.05, 0) is 48.5 Å².